The maximum absolute atomic E-state index is 11.4. The van der Waals surface area contributed by atoms with Crippen LogP contribution in [0.15, 0.2) is 34.2 Å². The van der Waals surface area contributed by atoms with Crippen LogP contribution in [0.1, 0.15) is 36.4 Å². The van der Waals surface area contributed by atoms with E-state index in [9.17, 15) is 4.79 Å². The minimum Gasteiger partial charge on any atom is -0.323 e. The van der Waals surface area contributed by atoms with E-state index in [4.69, 9.17) is 5.73 Å². The summed E-state index contributed by atoms with van der Waals surface area (Å²) in [6, 6.07) is 8.33. The predicted octanol–water partition coefficient (Wildman–Crippen LogP) is 1.78. The van der Waals surface area contributed by atoms with E-state index < -0.39 is 0 Å². The lowest BCUT2D eigenvalue weighted by atomic mass is 9.81. The molecule has 1 aromatic heterocycles. The number of H-pyrrole nitrogens is 1. The first kappa shape index (κ1) is 13.5. The quantitative estimate of drug-likeness (QED) is 0.884. The third-order valence-corrected chi connectivity index (χ3v) is 5.33. The average Bonchev–Trinajstić information content (AvgIpc) is 2.76. The van der Waals surface area contributed by atoms with Crippen LogP contribution in [0, 0.1) is 0 Å². The molecule has 1 aliphatic rings. The molecule has 0 bridgehead atoms. The Labute approximate surface area is 121 Å². The predicted molar refractivity (Wildman–Crippen MR) is 79.9 cm³/mol. The van der Waals surface area contributed by atoms with Crippen LogP contribution in [0.3, 0.4) is 0 Å². The molecule has 20 heavy (non-hydrogen) atoms. The Kier molecular flexibility index (Phi) is 3.43. The van der Waals surface area contributed by atoms with Gasteiger partial charge in [0.1, 0.15) is 0 Å². The standard InChI is InChI=1S/C14H18N4OS/c1-8-7-11(20-14-17-16-13(19)18(14)2)12(15)10-6-4-3-5-9(8)10/h3-6,8,11-12H,7,15H2,1-2H3,(H,16,19). The summed E-state index contributed by atoms with van der Waals surface area (Å²) in [5.74, 6) is 0.472. The van der Waals surface area contributed by atoms with Crippen LogP contribution in [0.2, 0.25) is 0 Å². The van der Waals surface area contributed by atoms with Crippen molar-refractivity contribution in [2.24, 2.45) is 12.8 Å². The van der Waals surface area contributed by atoms with Crippen molar-refractivity contribution in [3.8, 4) is 0 Å². The average molecular weight is 290 g/mol. The molecule has 3 N–H and O–H groups in total. The Balaban J connectivity index is 1.90. The fourth-order valence-electron chi connectivity index (χ4n) is 2.78. The first-order valence-electron chi connectivity index (χ1n) is 6.70. The zero-order chi connectivity index (χ0) is 14.3. The number of rotatable bonds is 2. The number of benzene rings is 1. The highest BCUT2D eigenvalue weighted by Crippen LogP contribution is 2.42. The summed E-state index contributed by atoms with van der Waals surface area (Å²) in [5, 5.41) is 7.45. The van der Waals surface area contributed by atoms with Crippen molar-refractivity contribution < 1.29 is 0 Å². The molecule has 6 heteroatoms. The van der Waals surface area contributed by atoms with Crippen molar-refractivity contribution in [1.29, 1.82) is 0 Å². The van der Waals surface area contributed by atoms with Crippen LogP contribution in [0.25, 0.3) is 0 Å². The fraction of sp³-hybridized carbons (Fsp3) is 0.429. The van der Waals surface area contributed by atoms with Gasteiger partial charge in [-0.3, -0.25) is 4.57 Å². The summed E-state index contributed by atoms with van der Waals surface area (Å²) in [6.45, 7) is 2.22. The number of hydrogen-bond donors (Lipinski definition) is 2. The van der Waals surface area contributed by atoms with Gasteiger partial charge in [0, 0.05) is 18.3 Å². The molecular weight excluding hydrogens is 272 g/mol. The van der Waals surface area contributed by atoms with Gasteiger partial charge in [0.15, 0.2) is 5.16 Å². The van der Waals surface area contributed by atoms with E-state index in [0.717, 1.165) is 6.42 Å². The summed E-state index contributed by atoms with van der Waals surface area (Å²) in [7, 11) is 1.72. The van der Waals surface area contributed by atoms with Crippen molar-refractivity contribution in [2.45, 2.75) is 35.7 Å². The van der Waals surface area contributed by atoms with E-state index in [0.29, 0.717) is 11.1 Å². The Morgan fingerprint density at radius 1 is 1.40 bits per heavy atom. The molecule has 1 aliphatic carbocycles. The molecule has 0 spiro atoms. The van der Waals surface area contributed by atoms with E-state index >= 15 is 0 Å². The van der Waals surface area contributed by atoms with Crippen molar-refractivity contribution in [2.75, 3.05) is 0 Å². The summed E-state index contributed by atoms with van der Waals surface area (Å²) in [6.07, 6.45) is 0.990. The third-order valence-electron chi connectivity index (χ3n) is 3.97. The number of hydrogen-bond acceptors (Lipinski definition) is 4. The van der Waals surface area contributed by atoms with Crippen molar-refractivity contribution in [3.63, 3.8) is 0 Å². The van der Waals surface area contributed by atoms with Crippen molar-refractivity contribution >= 4 is 11.8 Å². The molecule has 0 aliphatic heterocycles. The van der Waals surface area contributed by atoms with Gasteiger partial charge in [-0.15, -0.1) is 5.10 Å². The number of aromatic nitrogens is 3. The topological polar surface area (TPSA) is 76.7 Å². The van der Waals surface area contributed by atoms with Crippen LogP contribution < -0.4 is 11.4 Å². The lowest BCUT2D eigenvalue weighted by Gasteiger charge is -2.34. The molecule has 1 heterocycles. The molecule has 0 saturated heterocycles. The van der Waals surface area contributed by atoms with E-state index in [1.807, 2.05) is 6.07 Å². The molecule has 3 rings (SSSR count). The molecule has 3 atom stereocenters. The number of nitrogens with one attached hydrogen (secondary N) is 1. The van der Waals surface area contributed by atoms with Crippen LogP contribution in [-0.2, 0) is 7.05 Å². The normalized spacial score (nSPS) is 25.4. The third kappa shape index (κ3) is 2.19. The smallest absolute Gasteiger partial charge is 0.323 e. The largest absolute Gasteiger partial charge is 0.343 e. The second-order valence-corrected chi connectivity index (χ2v) is 6.52. The lowest BCUT2D eigenvalue weighted by molar-refractivity contribution is 0.525. The Morgan fingerprint density at radius 2 is 2.10 bits per heavy atom. The minimum absolute atomic E-state index is 0.0285. The van der Waals surface area contributed by atoms with Crippen LogP contribution in [0.4, 0.5) is 0 Å². The molecule has 0 radical (unpaired) electrons. The zero-order valence-corrected chi connectivity index (χ0v) is 12.4. The maximum atomic E-state index is 11.4. The molecule has 0 saturated carbocycles. The van der Waals surface area contributed by atoms with Crippen molar-refractivity contribution in [1.82, 2.24) is 14.8 Å². The number of fused-ring (bicyclic) bond motifs is 1. The van der Waals surface area contributed by atoms with Gasteiger partial charge in [-0.05, 0) is 23.5 Å². The van der Waals surface area contributed by atoms with Gasteiger partial charge in [0.05, 0.1) is 0 Å². The number of nitrogens with two attached hydrogens (primary N) is 1. The van der Waals surface area contributed by atoms with E-state index in [1.165, 1.54) is 15.7 Å². The van der Waals surface area contributed by atoms with E-state index in [-0.39, 0.29) is 17.0 Å². The summed E-state index contributed by atoms with van der Waals surface area (Å²) >= 11 is 1.58. The summed E-state index contributed by atoms with van der Waals surface area (Å²) in [5.41, 5.74) is 8.77. The number of thioether (sulfide) groups is 1. The summed E-state index contributed by atoms with van der Waals surface area (Å²) in [4.78, 5) is 11.4. The molecule has 0 fully saturated rings. The highest BCUT2D eigenvalue weighted by Gasteiger charge is 2.32. The van der Waals surface area contributed by atoms with Crippen molar-refractivity contribution in [3.05, 3.63) is 45.9 Å². The Bertz CT molecular complexity index is 678. The highest BCUT2D eigenvalue weighted by molar-refractivity contribution is 7.99. The van der Waals surface area contributed by atoms with Crippen LogP contribution >= 0.6 is 11.8 Å². The monoisotopic (exact) mass is 290 g/mol. The van der Waals surface area contributed by atoms with Gasteiger partial charge in [-0.25, -0.2) is 9.89 Å². The Morgan fingerprint density at radius 3 is 2.75 bits per heavy atom. The molecule has 3 unspecified atom stereocenters. The fourth-order valence-corrected chi connectivity index (χ4v) is 4.07. The van der Waals surface area contributed by atoms with Gasteiger partial charge >= 0.3 is 5.69 Å². The molecule has 2 aromatic rings. The minimum atomic E-state index is -0.190. The molecule has 5 nitrogen and oxygen atoms in total. The first-order valence-corrected chi connectivity index (χ1v) is 7.58. The van der Waals surface area contributed by atoms with Crippen LogP contribution in [0.5, 0.6) is 0 Å². The SMILES string of the molecule is CC1CC(Sc2n[nH]c(=O)n2C)C(N)c2ccccc21. The number of nitrogens with zero attached hydrogens (tertiary/aromatic N) is 2. The lowest BCUT2D eigenvalue weighted by Crippen LogP contribution is -2.31. The van der Waals surface area contributed by atoms with Crippen LogP contribution in [-0.4, -0.2) is 20.0 Å². The summed E-state index contributed by atoms with van der Waals surface area (Å²) < 4.78 is 1.53. The van der Waals surface area contributed by atoms with Gasteiger partial charge in [-0.2, -0.15) is 0 Å². The molecular formula is C14H18N4OS. The highest BCUT2D eigenvalue weighted by atomic mass is 32.2. The zero-order valence-electron chi connectivity index (χ0n) is 11.5. The number of aromatic amines is 1. The maximum Gasteiger partial charge on any atom is 0.343 e. The van der Waals surface area contributed by atoms with Gasteiger partial charge in [0.25, 0.3) is 0 Å². The molecule has 0 amide bonds. The van der Waals surface area contributed by atoms with Gasteiger partial charge < -0.3 is 5.73 Å². The van der Waals surface area contributed by atoms with Gasteiger partial charge in [-0.1, -0.05) is 43.0 Å². The second-order valence-electron chi connectivity index (χ2n) is 5.32. The molecule has 106 valence electrons. The molecule has 1 aromatic carbocycles. The van der Waals surface area contributed by atoms with E-state index in [1.54, 1.807) is 18.8 Å². The second kappa shape index (κ2) is 5.10. The van der Waals surface area contributed by atoms with Gasteiger partial charge in [0.2, 0.25) is 0 Å². The van der Waals surface area contributed by atoms with E-state index in [2.05, 4.69) is 35.3 Å². The Hall–Kier alpha value is -1.53. The first-order chi connectivity index (χ1) is 9.58.